The fourth-order valence-electron chi connectivity index (χ4n) is 3.68. The molecule has 2 heterocycles. The van der Waals surface area contributed by atoms with Crippen molar-refractivity contribution in [2.75, 3.05) is 32.7 Å². The van der Waals surface area contributed by atoms with Crippen LogP contribution in [-0.4, -0.2) is 65.8 Å². The van der Waals surface area contributed by atoms with Crippen molar-refractivity contribution in [3.63, 3.8) is 0 Å². The van der Waals surface area contributed by atoms with Gasteiger partial charge in [0.15, 0.2) is 6.10 Å². The number of hydrogen-bond donors (Lipinski definition) is 1. The van der Waals surface area contributed by atoms with E-state index < -0.39 is 18.2 Å². The van der Waals surface area contributed by atoms with Gasteiger partial charge in [0.05, 0.1) is 5.92 Å². The van der Waals surface area contributed by atoms with Gasteiger partial charge in [-0.05, 0) is 37.6 Å². The van der Waals surface area contributed by atoms with Crippen LogP contribution < -0.4 is 0 Å². The molecule has 1 N–H and O–H groups in total. The van der Waals surface area contributed by atoms with Crippen molar-refractivity contribution in [2.24, 2.45) is 17.8 Å². The molecular weight excluding hydrogens is 309 g/mol. The number of rotatable bonds is 4. The first-order valence-corrected chi connectivity index (χ1v) is 8.44. The number of likely N-dealkylation sites (tertiary alicyclic amines) is 2. The van der Waals surface area contributed by atoms with E-state index in [2.05, 4.69) is 18.7 Å². The van der Waals surface area contributed by atoms with Crippen molar-refractivity contribution in [2.45, 2.75) is 45.4 Å². The molecule has 134 valence electrons. The van der Waals surface area contributed by atoms with Gasteiger partial charge in [-0.3, -0.25) is 4.79 Å². The van der Waals surface area contributed by atoms with Gasteiger partial charge in [-0.15, -0.1) is 0 Å². The van der Waals surface area contributed by atoms with Crippen LogP contribution in [0.1, 0.15) is 33.1 Å². The van der Waals surface area contributed by atoms with E-state index in [1.807, 2.05) is 0 Å². The second kappa shape index (κ2) is 7.38. The van der Waals surface area contributed by atoms with Crippen molar-refractivity contribution in [1.29, 1.82) is 0 Å². The average molecular weight is 336 g/mol. The molecule has 2 fully saturated rings. The summed E-state index contributed by atoms with van der Waals surface area (Å²) >= 11 is 0. The van der Waals surface area contributed by atoms with E-state index in [1.165, 1.54) is 0 Å². The third-order valence-electron chi connectivity index (χ3n) is 4.88. The number of halogens is 3. The number of nitrogens with zero attached hydrogens (tertiary/aromatic N) is 2. The predicted molar refractivity (Wildman–Crippen MR) is 80.8 cm³/mol. The first kappa shape index (κ1) is 18.5. The Hall–Kier alpha value is -0.820. The topological polar surface area (TPSA) is 43.8 Å². The van der Waals surface area contributed by atoms with Crippen LogP contribution in [0, 0.1) is 17.8 Å². The normalized spacial score (nSPS) is 26.0. The Labute approximate surface area is 135 Å². The van der Waals surface area contributed by atoms with Gasteiger partial charge in [0.2, 0.25) is 5.91 Å². The standard InChI is InChI=1S/C16H27F3N2O2/c1-11(2)9-20-6-3-13(10-20)15(23)21-7-4-12(5-8-21)14(22)16(17,18)19/h11-14,22H,3-10H2,1-2H3. The zero-order valence-corrected chi connectivity index (χ0v) is 13.9. The van der Waals surface area contributed by atoms with E-state index in [0.717, 1.165) is 26.1 Å². The zero-order valence-electron chi connectivity index (χ0n) is 13.9. The minimum atomic E-state index is -4.57. The number of carbonyl (C=O) groups is 1. The van der Waals surface area contributed by atoms with E-state index >= 15 is 0 Å². The Kier molecular flexibility index (Phi) is 5.94. The molecule has 4 nitrogen and oxygen atoms in total. The molecule has 2 saturated heterocycles. The molecule has 0 aromatic rings. The maximum absolute atomic E-state index is 12.5. The van der Waals surface area contributed by atoms with E-state index in [9.17, 15) is 23.1 Å². The smallest absolute Gasteiger partial charge is 0.383 e. The van der Waals surface area contributed by atoms with Crippen molar-refractivity contribution in [1.82, 2.24) is 9.80 Å². The van der Waals surface area contributed by atoms with Crippen LogP contribution in [-0.2, 0) is 4.79 Å². The third kappa shape index (κ3) is 4.83. The Morgan fingerprint density at radius 2 is 1.78 bits per heavy atom. The lowest BCUT2D eigenvalue weighted by atomic mass is 9.90. The predicted octanol–water partition coefficient (Wildman–Crippen LogP) is 2.13. The number of aliphatic hydroxyl groups is 1. The van der Waals surface area contributed by atoms with Crippen LogP contribution in [0.2, 0.25) is 0 Å². The van der Waals surface area contributed by atoms with E-state index in [-0.39, 0.29) is 24.7 Å². The molecule has 2 rings (SSSR count). The minimum Gasteiger partial charge on any atom is -0.383 e. The molecular formula is C16H27F3N2O2. The second-order valence-electron chi connectivity index (χ2n) is 7.29. The van der Waals surface area contributed by atoms with Crippen LogP contribution in [0.25, 0.3) is 0 Å². The molecule has 0 spiro atoms. The van der Waals surface area contributed by atoms with Gasteiger partial charge in [0.1, 0.15) is 0 Å². The fraction of sp³-hybridized carbons (Fsp3) is 0.938. The van der Waals surface area contributed by atoms with Gasteiger partial charge in [-0.2, -0.15) is 13.2 Å². The maximum atomic E-state index is 12.5. The molecule has 23 heavy (non-hydrogen) atoms. The lowest BCUT2D eigenvalue weighted by Gasteiger charge is -2.36. The van der Waals surface area contributed by atoms with Crippen molar-refractivity contribution >= 4 is 5.91 Å². The SMILES string of the molecule is CC(C)CN1CCC(C(=O)N2CCC(C(O)C(F)(F)F)CC2)C1. The van der Waals surface area contributed by atoms with Gasteiger partial charge in [0, 0.05) is 26.2 Å². The summed E-state index contributed by atoms with van der Waals surface area (Å²) in [6.07, 6.45) is -5.58. The highest BCUT2D eigenvalue weighted by Crippen LogP contribution is 2.32. The Morgan fingerprint density at radius 3 is 2.30 bits per heavy atom. The lowest BCUT2D eigenvalue weighted by Crippen LogP contribution is -2.47. The highest BCUT2D eigenvalue weighted by Gasteiger charge is 2.45. The number of amides is 1. The first-order valence-electron chi connectivity index (χ1n) is 8.44. The van der Waals surface area contributed by atoms with E-state index in [0.29, 0.717) is 19.0 Å². The Balaban J connectivity index is 1.80. The molecule has 0 saturated carbocycles. The van der Waals surface area contributed by atoms with Crippen molar-refractivity contribution in [3.05, 3.63) is 0 Å². The largest absolute Gasteiger partial charge is 0.414 e. The van der Waals surface area contributed by atoms with E-state index in [4.69, 9.17) is 0 Å². The summed E-state index contributed by atoms with van der Waals surface area (Å²) in [5.74, 6) is -0.197. The molecule has 2 aliphatic rings. The van der Waals surface area contributed by atoms with Gasteiger partial charge < -0.3 is 14.9 Å². The van der Waals surface area contributed by atoms with Gasteiger partial charge in [-0.25, -0.2) is 0 Å². The lowest BCUT2D eigenvalue weighted by molar-refractivity contribution is -0.223. The van der Waals surface area contributed by atoms with Crippen molar-refractivity contribution in [3.8, 4) is 0 Å². The molecule has 1 amide bonds. The monoisotopic (exact) mass is 336 g/mol. The van der Waals surface area contributed by atoms with Crippen LogP contribution >= 0.6 is 0 Å². The summed E-state index contributed by atoms with van der Waals surface area (Å²) in [7, 11) is 0. The summed E-state index contributed by atoms with van der Waals surface area (Å²) < 4.78 is 37.6. The summed E-state index contributed by atoms with van der Waals surface area (Å²) in [6, 6.07) is 0. The molecule has 2 unspecified atom stereocenters. The van der Waals surface area contributed by atoms with Crippen LogP contribution in [0.4, 0.5) is 13.2 Å². The number of hydrogen-bond acceptors (Lipinski definition) is 3. The third-order valence-corrected chi connectivity index (χ3v) is 4.88. The van der Waals surface area contributed by atoms with Gasteiger partial charge in [0.25, 0.3) is 0 Å². The average Bonchev–Trinajstić information content (AvgIpc) is 2.92. The quantitative estimate of drug-likeness (QED) is 0.855. The van der Waals surface area contributed by atoms with E-state index in [1.54, 1.807) is 4.90 Å². The molecule has 0 aliphatic carbocycles. The molecule has 7 heteroatoms. The second-order valence-corrected chi connectivity index (χ2v) is 7.29. The zero-order chi connectivity index (χ0) is 17.2. The van der Waals surface area contributed by atoms with Crippen LogP contribution in [0.15, 0.2) is 0 Å². The van der Waals surface area contributed by atoms with Crippen LogP contribution in [0.5, 0.6) is 0 Å². The van der Waals surface area contributed by atoms with Gasteiger partial charge in [-0.1, -0.05) is 13.8 Å². The summed E-state index contributed by atoms with van der Waals surface area (Å²) in [5.41, 5.74) is 0. The highest BCUT2D eigenvalue weighted by atomic mass is 19.4. The number of piperidine rings is 1. The van der Waals surface area contributed by atoms with Gasteiger partial charge >= 0.3 is 6.18 Å². The number of alkyl halides is 3. The fourth-order valence-corrected chi connectivity index (χ4v) is 3.68. The Bertz CT molecular complexity index is 407. The molecule has 2 aliphatic heterocycles. The number of aliphatic hydroxyl groups excluding tert-OH is 1. The van der Waals surface area contributed by atoms with Crippen molar-refractivity contribution < 1.29 is 23.1 Å². The number of carbonyl (C=O) groups excluding carboxylic acids is 1. The Morgan fingerprint density at radius 1 is 1.17 bits per heavy atom. The molecule has 0 bridgehead atoms. The van der Waals surface area contributed by atoms with Crippen LogP contribution in [0.3, 0.4) is 0 Å². The first-order chi connectivity index (χ1) is 10.7. The summed E-state index contributed by atoms with van der Waals surface area (Å²) in [6.45, 7) is 7.57. The summed E-state index contributed by atoms with van der Waals surface area (Å²) in [4.78, 5) is 16.5. The molecule has 0 aromatic heterocycles. The highest BCUT2D eigenvalue weighted by molar-refractivity contribution is 5.79. The minimum absolute atomic E-state index is 0.0298. The summed E-state index contributed by atoms with van der Waals surface area (Å²) in [5, 5.41) is 9.33. The molecule has 0 aromatic carbocycles. The maximum Gasteiger partial charge on any atom is 0.414 e. The molecule has 2 atom stereocenters. The molecule has 0 radical (unpaired) electrons.